The number of rotatable bonds is 6. The van der Waals surface area contributed by atoms with E-state index in [1.807, 2.05) is 6.92 Å². The molecular weight excluding hydrogens is 282 g/mol. The Hall–Kier alpha value is -1.89. The number of hydrogen-bond acceptors (Lipinski definition) is 5. The van der Waals surface area contributed by atoms with Crippen molar-refractivity contribution in [3.63, 3.8) is 0 Å². The summed E-state index contributed by atoms with van der Waals surface area (Å²) in [6.07, 6.45) is 2.21. The number of aryl methyl sites for hydroxylation is 1. The molecule has 6 nitrogen and oxygen atoms in total. The highest BCUT2D eigenvalue weighted by Crippen LogP contribution is 2.22. The number of hydrogen-bond donors (Lipinski definition) is 1. The molecule has 0 radical (unpaired) electrons. The molecule has 0 aliphatic rings. The molecule has 0 saturated carbocycles. The van der Waals surface area contributed by atoms with Crippen LogP contribution in [0.2, 0.25) is 0 Å². The molecular formula is C13H17NO5S. The van der Waals surface area contributed by atoms with E-state index in [1.165, 1.54) is 12.1 Å². The van der Waals surface area contributed by atoms with E-state index in [0.717, 1.165) is 12.5 Å². The van der Waals surface area contributed by atoms with Gasteiger partial charge in [0.15, 0.2) is 0 Å². The van der Waals surface area contributed by atoms with E-state index >= 15 is 0 Å². The molecule has 0 aromatic heterocycles. The summed E-state index contributed by atoms with van der Waals surface area (Å²) in [5, 5.41) is 9.31. The third-order valence-electron chi connectivity index (χ3n) is 2.49. The highest BCUT2D eigenvalue weighted by Gasteiger charge is 2.16. The van der Waals surface area contributed by atoms with Crippen LogP contribution in [0.1, 0.15) is 25.3 Å². The van der Waals surface area contributed by atoms with Crippen LogP contribution in [0.3, 0.4) is 0 Å². The highest BCUT2D eigenvalue weighted by molar-refractivity contribution is 7.90. The van der Waals surface area contributed by atoms with Crippen LogP contribution in [0.25, 0.3) is 0 Å². The van der Waals surface area contributed by atoms with E-state index in [-0.39, 0.29) is 17.3 Å². The highest BCUT2D eigenvalue weighted by atomic mass is 32.2. The largest absolute Gasteiger partial charge is 0.508 e. The fourth-order valence-electron chi connectivity index (χ4n) is 1.39. The van der Waals surface area contributed by atoms with Gasteiger partial charge in [-0.25, -0.2) is 4.79 Å². The van der Waals surface area contributed by atoms with Gasteiger partial charge in [0, 0.05) is 6.07 Å². The van der Waals surface area contributed by atoms with Gasteiger partial charge in [-0.3, -0.25) is 0 Å². The maximum atomic E-state index is 11.9. The first-order chi connectivity index (χ1) is 9.36. The number of unbranched alkanes of at least 4 members (excludes halogenated alkanes) is 1. The van der Waals surface area contributed by atoms with E-state index in [0.29, 0.717) is 18.2 Å². The zero-order valence-corrected chi connectivity index (χ0v) is 12.2. The molecule has 0 aliphatic heterocycles. The van der Waals surface area contributed by atoms with Crippen molar-refractivity contribution < 1.29 is 23.1 Å². The van der Waals surface area contributed by atoms with Gasteiger partial charge in [-0.1, -0.05) is 19.4 Å². The Balaban J connectivity index is 2.84. The van der Waals surface area contributed by atoms with Crippen molar-refractivity contribution in [3.8, 4) is 5.75 Å². The Morgan fingerprint density at radius 3 is 2.80 bits per heavy atom. The smallest absolute Gasteiger partial charge is 0.350 e. The van der Waals surface area contributed by atoms with Gasteiger partial charge in [0.2, 0.25) is 0 Å². The number of sulfonamides is 1. The van der Waals surface area contributed by atoms with Crippen LogP contribution < -0.4 is 0 Å². The lowest BCUT2D eigenvalue weighted by Gasteiger charge is -2.04. The third kappa shape index (κ3) is 4.65. The second-order valence-corrected chi connectivity index (χ2v) is 5.78. The maximum Gasteiger partial charge on any atom is 0.350 e. The summed E-state index contributed by atoms with van der Waals surface area (Å²) in [7, 11) is -4.03. The van der Waals surface area contributed by atoms with E-state index in [9.17, 15) is 18.3 Å². The Kier molecular flexibility index (Phi) is 5.69. The van der Waals surface area contributed by atoms with Crippen molar-refractivity contribution >= 4 is 22.2 Å². The SMILES string of the molecule is CCCCOC(=O)C=NS(=O)(=O)c1cc(O)ccc1C. The molecule has 0 atom stereocenters. The number of phenols is 1. The lowest BCUT2D eigenvalue weighted by molar-refractivity contribution is -0.135. The van der Waals surface area contributed by atoms with Crippen LogP contribution >= 0.6 is 0 Å². The van der Waals surface area contributed by atoms with Crippen LogP contribution in [0, 0.1) is 6.92 Å². The van der Waals surface area contributed by atoms with Crippen molar-refractivity contribution in [2.75, 3.05) is 6.61 Å². The van der Waals surface area contributed by atoms with Crippen LogP contribution in [-0.2, 0) is 19.6 Å². The summed E-state index contributed by atoms with van der Waals surface area (Å²) in [6, 6.07) is 3.92. The Bertz CT molecular complexity index is 607. The first-order valence-corrected chi connectivity index (χ1v) is 7.57. The molecule has 1 aromatic carbocycles. The van der Waals surface area contributed by atoms with Gasteiger partial charge in [0.1, 0.15) is 12.0 Å². The molecule has 0 aliphatic carbocycles. The standard InChI is InChI=1S/C13H17NO5S/c1-3-4-7-19-13(16)9-14-20(17,18)12-8-11(15)6-5-10(12)2/h5-6,8-9,15H,3-4,7H2,1-2H3. The van der Waals surface area contributed by atoms with E-state index in [1.54, 1.807) is 6.92 Å². The van der Waals surface area contributed by atoms with Crippen molar-refractivity contribution in [2.24, 2.45) is 4.40 Å². The molecule has 1 aromatic rings. The molecule has 0 spiro atoms. The molecule has 0 heterocycles. The van der Waals surface area contributed by atoms with Crippen LogP contribution in [-0.4, -0.2) is 32.3 Å². The number of esters is 1. The third-order valence-corrected chi connectivity index (χ3v) is 3.87. The van der Waals surface area contributed by atoms with Gasteiger partial charge in [-0.2, -0.15) is 12.8 Å². The van der Waals surface area contributed by atoms with Crippen molar-refractivity contribution in [1.29, 1.82) is 0 Å². The summed E-state index contributed by atoms with van der Waals surface area (Å²) < 4.78 is 31.9. The van der Waals surface area contributed by atoms with Gasteiger partial charge in [-0.05, 0) is 25.0 Å². The second kappa shape index (κ2) is 7.04. The minimum absolute atomic E-state index is 0.143. The quantitative estimate of drug-likeness (QED) is 0.491. The van der Waals surface area contributed by atoms with Gasteiger partial charge in [-0.15, -0.1) is 0 Å². The molecule has 0 unspecified atom stereocenters. The average Bonchev–Trinajstić information content (AvgIpc) is 2.39. The molecule has 1 N–H and O–H groups in total. The van der Waals surface area contributed by atoms with E-state index < -0.39 is 16.0 Å². The summed E-state index contributed by atoms with van der Waals surface area (Å²) in [6.45, 7) is 3.74. The van der Waals surface area contributed by atoms with Crippen molar-refractivity contribution in [1.82, 2.24) is 0 Å². The van der Waals surface area contributed by atoms with Crippen LogP contribution in [0.4, 0.5) is 0 Å². The molecule has 0 amide bonds. The molecule has 1 rings (SSSR count). The van der Waals surface area contributed by atoms with Crippen molar-refractivity contribution in [3.05, 3.63) is 23.8 Å². The van der Waals surface area contributed by atoms with Crippen molar-refractivity contribution in [2.45, 2.75) is 31.6 Å². The zero-order valence-electron chi connectivity index (χ0n) is 11.4. The minimum atomic E-state index is -4.03. The second-order valence-electron chi connectivity index (χ2n) is 4.18. The summed E-state index contributed by atoms with van der Waals surface area (Å²) in [5.41, 5.74) is 0.430. The van der Waals surface area contributed by atoms with Gasteiger partial charge in [0.25, 0.3) is 10.0 Å². The predicted octanol–water partition coefficient (Wildman–Crippen LogP) is 1.80. The topological polar surface area (TPSA) is 93.0 Å². The molecule has 110 valence electrons. The minimum Gasteiger partial charge on any atom is -0.508 e. The predicted molar refractivity (Wildman–Crippen MR) is 74.4 cm³/mol. The molecule has 7 heteroatoms. The first-order valence-electron chi connectivity index (χ1n) is 6.13. The van der Waals surface area contributed by atoms with Gasteiger partial charge in [0.05, 0.1) is 11.5 Å². The van der Waals surface area contributed by atoms with Gasteiger partial charge < -0.3 is 9.84 Å². The zero-order chi connectivity index (χ0) is 15.2. The molecule has 0 bridgehead atoms. The Morgan fingerprint density at radius 2 is 2.15 bits per heavy atom. The number of benzene rings is 1. The lowest BCUT2D eigenvalue weighted by Crippen LogP contribution is -2.09. The molecule has 20 heavy (non-hydrogen) atoms. The maximum absolute atomic E-state index is 11.9. The summed E-state index contributed by atoms with van der Waals surface area (Å²) in [5.74, 6) is -0.991. The van der Waals surface area contributed by atoms with Crippen LogP contribution in [0.5, 0.6) is 5.75 Å². The van der Waals surface area contributed by atoms with Gasteiger partial charge >= 0.3 is 5.97 Å². The lowest BCUT2D eigenvalue weighted by atomic mass is 10.2. The van der Waals surface area contributed by atoms with Crippen LogP contribution in [0.15, 0.2) is 27.5 Å². The molecule has 0 saturated heterocycles. The average molecular weight is 299 g/mol. The first kappa shape index (κ1) is 16.2. The number of phenolic OH excluding ortho intramolecular Hbond substituents is 1. The van der Waals surface area contributed by atoms with E-state index in [2.05, 4.69) is 4.40 Å². The summed E-state index contributed by atoms with van der Waals surface area (Å²) in [4.78, 5) is 11.1. The fourth-order valence-corrected chi connectivity index (χ4v) is 2.47. The number of carbonyl (C=O) groups is 1. The fraction of sp³-hybridized carbons (Fsp3) is 0.385. The number of nitrogens with zero attached hydrogens (tertiary/aromatic N) is 1. The Labute approximate surface area is 118 Å². The normalized spacial score (nSPS) is 11.7. The number of carbonyl (C=O) groups excluding carboxylic acids is 1. The number of ether oxygens (including phenoxy) is 1. The number of aromatic hydroxyl groups is 1. The monoisotopic (exact) mass is 299 g/mol. The van der Waals surface area contributed by atoms with E-state index in [4.69, 9.17) is 4.74 Å². The Morgan fingerprint density at radius 1 is 1.45 bits per heavy atom. The molecule has 0 fully saturated rings. The summed E-state index contributed by atoms with van der Waals surface area (Å²) >= 11 is 0.